The first-order chi connectivity index (χ1) is 20.9. The van der Waals surface area contributed by atoms with E-state index in [1.807, 2.05) is 74.5 Å². The fourth-order valence-electron chi connectivity index (χ4n) is 6.18. The van der Waals surface area contributed by atoms with Crippen molar-refractivity contribution in [3.05, 3.63) is 114 Å². The van der Waals surface area contributed by atoms with E-state index < -0.39 is 35.9 Å². The van der Waals surface area contributed by atoms with Gasteiger partial charge in [0.1, 0.15) is 35.9 Å². The molecule has 3 unspecified atom stereocenters. The lowest BCUT2D eigenvalue weighted by Gasteiger charge is -2.37. The topological polar surface area (TPSA) is 110 Å². The molecule has 2 aliphatic heterocycles. The maximum Gasteiger partial charge on any atom is 0.167 e. The molecule has 2 aliphatic rings. The number of aromatic nitrogens is 4. The molecule has 0 saturated carbocycles. The van der Waals surface area contributed by atoms with Crippen molar-refractivity contribution in [1.82, 2.24) is 19.5 Å². The number of carbonyl (C=O) groups is 1. The third kappa shape index (κ3) is 4.55. The summed E-state index contributed by atoms with van der Waals surface area (Å²) in [5.74, 6) is 0.435. The van der Waals surface area contributed by atoms with Crippen LogP contribution < -0.4 is 10.1 Å². The first-order valence-corrected chi connectivity index (χ1v) is 14.1. The average Bonchev–Trinajstić information content (AvgIpc) is 3.71. The molecule has 1 N–H and O–H groups in total. The van der Waals surface area contributed by atoms with E-state index in [2.05, 4.69) is 39.6 Å². The summed E-state index contributed by atoms with van der Waals surface area (Å²) in [5.41, 5.74) is 3.21. The van der Waals surface area contributed by atoms with E-state index in [1.165, 1.54) is 6.33 Å². The third-order valence-corrected chi connectivity index (χ3v) is 8.07. The summed E-state index contributed by atoms with van der Waals surface area (Å²) < 4.78 is 25.5. The quantitative estimate of drug-likeness (QED) is 0.204. The smallest absolute Gasteiger partial charge is 0.167 e. The molecule has 10 heteroatoms. The molecule has 4 atom stereocenters. The fourth-order valence-corrected chi connectivity index (χ4v) is 6.18. The monoisotopic (exact) mass is 577 g/mol. The summed E-state index contributed by atoms with van der Waals surface area (Å²) in [4.78, 5) is 25.9. The van der Waals surface area contributed by atoms with Gasteiger partial charge in [-0.05, 0) is 42.7 Å². The summed E-state index contributed by atoms with van der Waals surface area (Å²) in [7, 11) is 1.65. The zero-order chi connectivity index (χ0) is 29.6. The number of aldehydes is 1. The van der Waals surface area contributed by atoms with Crippen LogP contribution in [-0.2, 0) is 24.5 Å². The molecule has 5 aromatic rings. The number of hydrogen-bond donors (Lipinski definition) is 1. The van der Waals surface area contributed by atoms with Gasteiger partial charge in [-0.25, -0.2) is 15.0 Å². The van der Waals surface area contributed by atoms with E-state index in [1.54, 1.807) is 18.0 Å². The summed E-state index contributed by atoms with van der Waals surface area (Å²) in [6, 6.07) is 28.4. The van der Waals surface area contributed by atoms with Crippen molar-refractivity contribution < 1.29 is 23.7 Å². The Balaban J connectivity index is 1.37. The second kappa shape index (κ2) is 10.6. The highest BCUT2D eigenvalue weighted by Gasteiger charge is 2.56. The zero-order valence-corrected chi connectivity index (χ0v) is 24.0. The number of rotatable bonds is 8. The molecule has 3 aromatic carbocycles. The Bertz CT molecular complexity index is 1700. The number of nitrogens with zero attached hydrogens (tertiary/aromatic N) is 4. The highest BCUT2D eigenvalue weighted by molar-refractivity contribution is 5.84. The Morgan fingerprint density at radius 2 is 1.49 bits per heavy atom. The highest BCUT2D eigenvalue weighted by atomic mass is 16.8. The van der Waals surface area contributed by atoms with Crippen LogP contribution in [0.5, 0.6) is 5.75 Å². The lowest BCUT2D eigenvalue weighted by Crippen LogP contribution is -2.38. The molecule has 0 radical (unpaired) electrons. The van der Waals surface area contributed by atoms with Crippen LogP contribution in [0.2, 0.25) is 0 Å². The molecular formula is C33H31N5O5. The van der Waals surface area contributed by atoms with Crippen LogP contribution in [0.15, 0.2) is 97.6 Å². The number of nitrogens with one attached hydrogen (secondary N) is 1. The van der Waals surface area contributed by atoms with E-state index in [4.69, 9.17) is 23.9 Å². The molecule has 0 spiro atoms. The molecule has 0 aliphatic carbocycles. The van der Waals surface area contributed by atoms with Gasteiger partial charge in [-0.2, -0.15) is 0 Å². The van der Waals surface area contributed by atoms with Crippen LogP contribution in [0.1, 0.15) is 36.8 Å². The normalized spacial score (nSPS) is 22.8. The minimum absolute atomic E-state index is 0.513. The van der Waals surface area contributed by atoms with Gasteiger partial charge < -0.3 is 29.1 Å². The van der Waals surface area contributed by atoms with Gasteiger partial charge in [0.2, 0.25) is 0 Å². The first kappa shape index (κ1) is 27.2. The van der Waals surface area contributed by atoms with Crippen molar-refractivity contribution in [2.75, 3.05) is 12.4 Å². The first-order valence-electron chi connectivity index (χ1n) is 14.1. The second-order valence-electron chi connectivity index (χ2n) is 11.1. The number of carbonyl (C=O) groups excluding carboxylic acids is 1. The molecule has 7 rings (SSSR count). The van der Waals surface area contributed by atoms with Crippen LogP contribution in [0.25, 0.3) is 11.2 Å². The van der Waals surface area contributed by atoms with Crippen molar-refractivity contribution in [2.24, 2.45) is 0 Å². The Morgan fingerprint density at radius 1 is 0.860 bits per heavy atom. The Kier molecular flexibility index (Phi) is 6.69. The van der Waals surface area contributed by atoms with Gasteiger partial charge in [-0.15, -0.1) is 0 Å². The standard InChI is InChI=1S/C33H31N5O5/c1-32(2)42-27-25(18-39)41-31(28(27)43-32)38-20-36-26-29(34-19-35-30(26)38)37-33(21-10-6-4-7-11-21,22-12-8-5-9-13-22)23-14-16-24(40-3)17-15-23/h4-20,25,27-28,31H,1-3H3,(H,34,35,37)/t25?,27-,28?,31?/m0/s1. The van der Waals surface area contributed by atoms with Gasteiger partial charge in [-0.3, -0.25) is 4.57 Å². The van der Waals surface area contributed by atoms with Crippen LogP contribution in [0.3, 0.4) is 0 Å². The van der Waals surface area contributed by atoms with E-state index in [-0.39, 0.29) is 0 Å². The van der Waals surface area contributed by atoms with Gasteiger partial charge in [0, 0.05) is 0 Å². The molecule has 43 heavy (non-hydrogen) atoms. The van der Waals surface area contributed by atoms with E-state index in [9.17, 15) is 4.79 Å². The maximum atomic E-state index is 11.9. The van der Waals surface area contributed by atoms with Gasteiger partial charge in [0.05, 0.1) is 13.4 Å². The zero-order valence-electron chi connectivity index (χ0n) is 24.0. The summed E-state index contributed by atoms with van der Waals surface area (Å²) in [6.07, 6.45) is 1.42. The molecule has 2 saturated heterocycles. The molecule has 218 valence electrons. The fraction of sp³-hybridized carbons (Fsp3) is 0.273. The number of hydrogen-bond acceptors (Lipinski definition) is 9. The molecule has 2 fully saturated rings. The van der Waals surface area contributed by atoms with E-state index in [0.29, 0.717) is 17.0 Å². The summed E-state index contributed by atoms with van der Waals surface area (Å²) >= 11 is 0. The van der Waals surface area contributed by atoms with Crippen molar-refractivity contribution in [1.29, 1.82) is 0 Å². The maximum absolute atomic E-state index is 11.9. The average molecular weight is 578 g/mol. The summed E-state index contributed by atoms with van der Waals surface area (Å²) in [5, 5.41) is 3.78. The number of ether oxygens (including phenoxy) is 4. The predicted molar refractivity (Wildman–Crippen MR) is 159 cm³/mol. The molecule has 4 heterocycles. The minimum atomic E-state index is -0.857. The van der Waals surface area contributed by atoms with E-state index >= 15 is 0 Å². The second-order valence-corrected chi connectivity index (χ2v) is 11.1. The molecular weight excluding hydrogens is 546 g/mol. The number of methoxy groups -OCH3 is 1. The molecule has 0 amide bonds. The van der Waals surface area contributed by atoms with Crippen molar-refractivity contribution in [2.45, 2.75) is 49.7 Å². The molecule has 2 aromatic heterocycles. The number of benzene rings is 3. The van der Waals surface area contributed by atoms with Crippen LogP contribution in [-0.4, -0.2) is 57.0 Å². The lowest BCUT2D eigenvalue weighted by atomic mass is 9.77. The summed E-state index contributed by atoms with van der Waals surface area (Å²) in [6.45, 7) is 3.65. The van der Waals surface area contributed by atoms with Crippen LogP contribution in [0, 0.1) is 0 Å². The lowest BCUT2D eigenvalue weighted by molar-refractivity contribution is -0.194. The molecule has 0 bridgehead atoms. The largest absolute Gasteiger partial charge is 0.497 e. The van der Waals surface area contributed by atoms with Gasteiger partial charge >= 0.3 is 0 Å². The highest BCUT2D eigenvalue weighted by Crippen LogP contribution is 2.44. The Morgan fingerprint density at radius 3 is 2.12 bits per heavy atom. The van der Waals surface area contributed by atoms with Crippen molar-refractivity contribution >= 4 is 23.3 Å². The van der Waals surface area contributed by atoms with Gasteiger partial charge in [-0.1, -0.05) is 72.8 Å². The van der Waals surface area contributed by atoms with Crippen molar-refractivity contribution in [3.63, 3.8) is 0 Å². The third-order valence-electron chi connectivity index (χ3n) is 8.07. The van der Waals surface area contributed by atoms with Gasteiger partial charge in [0.15, 0.2) is 35.3 Å². The van der Waals surface area contributed by atoms with Crippen LogP contribution in [0.4, 0.5) is 5.82 Å². The van der Waals surface area contributed by atoms with Crippen molar-refractivity contribution in [3.8, 4) is 5.75 Å². The predicted octanol–water partition coefficient (Wildman–Crippen LogP) is 4.86. The minimum Gasteiger partial charge on any atom is -0.497 e. The Labute approximate surface area is 248 Å². The van der Waals surface area contributed by atoms with Crippen LogP contribution >= 0.6 is 0 Å². The Hall–Kier alpha value is -4.64. The number of imidazole rings is 1. The number of anilines is 1. The van der Waals surface area contributed by atoms with Gasteiger partial charge in [0.25, 0.3) is 0 Å². The van der Waals surface area contributed by atoms with E-state index in [0.717, 1.165) is 28.7 Å². The molecule has 10 nitrogen and oxygen atoms in total. The SMILES string of the molecule is COc1ccc(C(Nc2ncnc3c2ncn3C2OC(C=O)[C@@H]3OC(C)(C)OC23)(c2ccccc2)c2ccccc2)cc1. The number of fused-ring (bicyclic) bond motifs is 2.